The summed E-state index contributed by atoms with van der Waals surface area (Å²) in [5.41, 5.74) is 2.91. The molecule has 1 saturated heterocycles. The SMILES string of the molecule is Cc1cc2c(cnn2-c2ccc(F)cc2)cc1[C@H]1CN(S(=O)(=O)c2cnn(C)c2)CCN1CCC(F)(F)F. The molecule has 0 unspecified atom stereocenters. The maximum Gasteiger partial charge on any atom is 0.390 e. The Balaban J connectivity index is 1.52. The van der Waals surface area contributed by atoms with Crippen molar-refractivity contribution < 1.29 is 26.0 Å². The first-order valence-electron chi connectivity index (χ1n) is 12.0. The van der Waals surface area contributed by atoms with E-state index in [1.54, 1.807) is 35.0 Å². The Morgan fingerprint density at radius 1 is 1.05 bits per heavy atom. The Bertz CT molecular complexity index is 1560. The lowest BCUT2D eigenvalue weighted by Crippen LogP contribution is -2.51. The summed E-state index contributed by atoms with van der Waals surface area (Å²) >= 11 is 0. The van der Waals surface area contributed by atoms with Crippen LogP contribution in [0, 0.1) is 12.7 Å². The molecule has 2 aromatic heterocycles. The fourth-order valence-corrected chi connectivity index (χ4v) is 6.29. The highest BCUT2D eigenvalue weighted by atomic mass is 32.2. The highest BCUT2D eigenvalue weighted by molar-refractivity contribution is 7.89. The van der Waals surface area contributed by atoms with Gasteiger partial charge in [-0.1, -0.05) is 0 Å². The Hall–Kier alpha value is -3.29. The lowest BCUT2D eigenvalue weighted by Gasteiger charge is -2.41. The molecule has 0 N–H and O–H groups in total. The summed E-state index contributed by atoms with van der Waals surface area (Å²) in [5, 5.41) is 9.11. The summed E-state index contributed by atoms with van der Waals surface area (Å²) in [7, 11) is -2.27. The van der Waals surface area contributed by atoms with Gasteiger partial charge in [0.1, 0.15) is 10.7 Å². The van der Waals surface area contributed by atoms with Crippen molar-refractivity contribution in [3.63, 3.8) is 0 Å². The van der Waals surface area contributed by atoms with E-state index in [1.807, 2.05) is 19.1 Å². The minimum Gasteiger partial charge on any atom is -0.293 e. The van der Waals surface area contributed by atoms with Gasteiger partial charge >= 0.3 is 6.18 Å². The first-order valence-corrected chi connectivity index (χ1v) is 13.4. The molecule has 8 nitrogen and oxygen atoms in total. The van der Waals surface area contributed by atoms with Crippen LogP contribution in [0.2, 0.25) is 0 Å². The summed E-state index contributed by atoms with van der Waals surface area (Å²) in [5.74, 6) is -0.370. The number of aryl methyl sites for hydroxylation is 2. The second kappa shape index (κ2) is 9.79. The van der Waals surface area contributed by atoms with Gasteiger partial charge in [0.05, 0.1) is 30.0 Å². The molecule has 0 amide bonds. The first-order chi connectivity index (χ1) is 17.9. The van der Waals surface area contributed by atoms with Crippen LogP contribution in [0.4, 0.5) is 17.6 Å². The van der Waals surface area contributed by atoms with Gasteiger partial charge < -0.3 is 0 Å². The maximum atomic E-state index is 13.4. The van der Waals surface area contributed by atoms with E-state index in [2.05, 4.69) is 10.2 Å². The average Bonchev–Trinajstić information content (AvgIpc) is 3.48. The van der Waals surface area contributed by atoms with Gasteiger partial charge in [0.2, 0.25) is 10.0 Å². The smallest absolute Gasteiger partial charge is 0.293 e. The van der Waals surface area contributed by atoms with Crippen molar-refractivity contribution in [1.82, 2.24) is 28.8 Å². The standard InChI is InChI=1S/C25H26F4N6O2S/c1-17-11-23-18(13-31-35(23)20-5-3-19(26)4-6-20)12-22(17)24-16-34(10-9-33(24)8-7-25(27,28)29)38(36,37)21-14-30-32(2)15-21/h3-6,11-15,24H,7-10,16H2,1-2H3/t24-/m1/s1. The van der Waals surface area contributed by atoms with Crippen LogP contribution < -0.4 is 0 Å². The second-order valence-corrected chi connectivity index (χ2v) is 11.4. The summed E-state index contributed by atoms with van der Waals surface area (Å²) in [6.45, 7) is 1.80. The third-order valence-electron chi connectivity index (χ3n) is 6.84. The predicted molar refractivity (Wildman–Crippen MR) is 133 cm³/mol. The second-order valence-electron chi connectivity index (χ2n) is 9.43. The Kier molecular flexibility index (Phi) is 6.78. The molecule has 0 bridgehead atoms. The number of fused-ring (bicyclic) bond motifs is 1. The number of hydrogen-bond donors (Lipinski definition) is 0. The largest absolute Gasteiger partial charge is 0.390 e. The van der Waals surface area contributed by atoms with Gasteiger partial charge in [-0.15, -0.1) is 0 Å². The molecule has 5 rings (SSSR count). The summed E-state index contributed by atoms with van der Waals surface area (Å²) in [6, 6.07) is 9.00. The van der Waals surface area contributed by atoms with Crippen molar-refractivity contribution >= 4 is 20.9 Å². The number of hydrogen-bond acceptors (Lipinski definition) is 5. The molecule has 3 heterocycles. The number of alkyl halides is 3. The van der Waals surface area contributed by atoms with E-state index in [0.29, 0.717) is 5.69 Å². The van der Waals surface area contributed by atoms with E-state index < -0.39 is 28.7 Å². The van der Waals surface area contributed by atoms with Crippen molar-refractivity contribution in [2.45, 2.75) is 30.5 Å². The molecular formula is C25H26F4N6O2S. The molecule has 1 fully saturated rings. The highest BCUT2D eigenvalue weighted by Crippen LogP contribution is 2.34. The van der Waals surface area contributed by atoms with Crippen molar-refractivity contribution in [1.29, 1.82) is 0 Å². The van der Waals surface area contributed by atoms with E-state index in [4.69, 9.17) is 0 Å². The Labute approximate surface area is 217 Å². The number of halogens is 4. The van der Waals surface area contributed by atoms with Crippen molar-refractivity contribution in [3.05, 3.63) is 71.9 Å². The van der Waals surface area contributed by atoms with Crippen molar-refractivity contribution in [3.8, 4) is 5.69 Å². The quantitative estimate of drug-likeness (QED) is 0.337. The minimum absolute atomic E-state index is 0.00642. The van der Waals surface area contributed by atoms with Gasteiger partial charge in [0.15, 0.2) is 0 Å². The summed E-state index contributed by atoms with van der Waals surface area (Å²) in [6.07, 6.45) is -1.03. The number of piperazine rings is 1. The number of nitrogens with zero attached hydrogens (tertiary/aromatic N) is 6. The van der Waals surface area contributed by atoms with E-state index in [1.165, 1.54) is 33.5 Å². The van der Waals surface area contributed by atoms with Crippen LogP contribution in [0.25, 0.3) is 16.6 Å². The number of sulfonamides is 1. The van der Waals surface area contributed by atoms with Crippen LogP contribution in [0.1, 0.15) is 23.6 Å². The normalized spacial score (nSPS) is 17.9. The van der Waals surface area contributed by atoms with E-state index >= 15 is 0 Å². The lowest BCUT2D eigenvalue weighted by atomic mass is 9.96. The molecule has 2 aromatic carbocycles. The number of benzene rings is 2. The van der Waals surface area contributed by atoms with E-state index in [0.717, 1.165) is 22.0 Å². The zero-order valence-electron chi connectivity index (χ0n) is 20.7. The van der Waals surface area contributed by atoms with Crippen LogP contribution >= 0.6 is 0 Å². The van der Waals surface area contributed by atoms with Gasteiger partial charge in [-0.05, 0) is 54.4 Å². The van der Waals surface area contributed by atoms with Gasteiger partial charge in [-0.3, -0.25) is 9.58 Å². The molecule has 4 aromatic rings. The predicted octanol–water partition coefficient (Wildman–Crippen LogP) is 4.21. The molecule has 13 heteroatoms. The Morgan fingerprint density at radius 3 is 2.45 bits per heavy atom. The summed E-state index contributed by atoms with van der Waals surface area (Å²) < 4.78 is 83.8. The molecule has 202 valence electrons. The third kappa shape index (κ3) is 5.18. The van der Waals surface area contributed by atoms with Gasteiger partial charge in [0, 0.05) is 50.9 Å². The van der Waals surface area contributed by atoms with Crippen LogP contribution in [0.3, 0.4) is 0 Å². The molecular weight excluding hydrogens is 524 g/mol. The average molecular weight is 551 g/mol. The molecule has 1 aliphatic heterocycles. The first kappa shape index (κ1) is 26.3. The van der Waals surface area contributed by atoms with Gasteiger partial charge in [0.25, 0.3) is 0 Å². The molecule has 0 aliphatic carbocycles. The topological polar surface area (TPSA) is 76.3 Å². The van der Waals surface area contributed by atoms with Crippen LogP contribution in [-0.2, 0) is 17.1 Å². The molecule has 1 atom stereocenters. The molecule has 0 saturated carbocycles. The summed E-state index contributed by atoms with van der Waals surface area (Å²) in [4.78, 5) is 1.73. The molecule has 1 aliphatic rings. The van der Waals surface area contributed by atoms with Gasteiger partial charge in [-0.2, -0.15) is 27.7 Å². The van der Waals surface area contributed by atoms with Crippen LogP contribution in [0.5, 0.6) is 0 Å². The zero-order chi connectivity index (χ0) is 27.2. The van der Waals surface area contributed by atoms with Gasteiger partial charge in [-0.25, -0.2) is 17.5 Å². The minimum atomic E-state index is -4.33. The fourth-order valence-electron chi connectivity index (χ4n) is 4.87. The maximum absolute atomic E-state index is 13.4. The van der Waals surface area contributed by atoms with Crippen molar-refractivity contribution in [2.24, 2.45) is 7.05 Å². The van der Waals surface area contributed by atoms with Crippen molar-refractivity contribution in [2.75, 3.05) is 26.2 Å². The number of rotatable bonds is 6. The molecule has 0 spiro atoms. The fraction of sp³-hybridized carbons (Fsp3) is 0.360. The number of aromatic nitrogens is 4. The monoisotopic (exact) mass is 550 g/mol. The van der Waals surface area contributed by atoms with Crippen LogP contribution in [0.15, 0.2) is 59.9 Å². The molecule has 0 radical (unpaired) electrons. The molecule has 38 heavy (non-hydrogen) atoms. The van der Waals surface area contributed by atoms with E-state index in [9.17, 15) is 26.0 Å². The Morgan fingerprint density at radius 2 is 1.79 bits per heavy atom. The zero-order valence-corrected chi connectivity index (χ0v) is 21.5. The van der Waals surface area contributed by atoms with E-state index in [-0.39, 0.29) is 36.9 Å². The third-order valence-corrected chi connectivity index (χ3v) is 8.66. The lowest BCUT2D eigenvalue weighted by molar-refractivity contribution is -0.140. The highest BCUT2D eigenvalue weighted by Gasteiger charge is 2.38. The van der Waals surface area contributed by atoms with Crippen LogP contribution in [-0.4, -0.2) is 69.5 Å².